The van der Waals surface area contributed by atoms with Crippen LogP contribution in [0.2, 0.25) is 0 Å². The van der Waals surface area contributed by atoms with Crippen molar-refractivity contribution in [3.63, 3.8) is 0 Å². The lowest BCUT2D eigenvalue weighted by Crippen LogP contribution is -2.44. The maximum Gasteiger partial charge on any atom is 0.291 e. The highest BCUT2D eigenvalue weighted by Crippen LogP contribution is 2.28. The van der Waals surface area contributed by atoms with E-state index >= 15 is 0 Å². The molecule has 0 saturated heterocycles. The minimum Gasteiger partial charge on any atom is -0.351 e. The molecular formula is C20H26N4O2S. The van der Waals surface area contributed by atoms with Crippen molar-refractivity contribution in [2.75, 3.05) is 0 Å². The molecule has 1 aliphatic carbocycles. The molecule has 0 radical (unpaired) electrons. The number of hydrogen-bond donors (Lipinski definition) is 1. The maximum atomic E-state index is 12.9. The van der Waals surface area contributed by atoms with E-state index in [1.165, 1.54) is 16.0 Å². The van der Waals surface area contributed by atoms with Crippen LogP contribution in [0.5, 0.6) is 0 Å². The van der Waals surface area contributed by atoms with Crippen molar-refractivity contribution in [2.45, 2.75) is 65.5 Å². The van der Waals surface area contributed by atoms with Gasteiger partial charge in [0, 0.05) is 17.3 Å². The molecular weight excluding hydrogens is 360 g/mol. The Morgan fingerprint density at radius 1 is 1.30 bits per heavy atom. The Bertz CT molecular complexity index is 1060. The van der Waals surface area contributed by atoms with E-state index in [0.29, 0.717) is 17.9 Å². The van der Waals surface area contributed by atoms with Crippen molar-refractivity contribution in [1.82, 2.24) is 19.5 Å². The van der Waals surface area contributed by atoms with E-state index in [1.54, 1.807) is 11.3 Å². The van der Waals surface area contributed by atoms with E-state index < -0.39 is 0 Å². The predicted molar refractivity (Wildman–Crippen MR) is 109 cm³/mol. The molecule has 0 spiro atoms. The van der Waals surface area contributed by atoms with Crippen molar-refractivity contribution in [2.24, 2.45) is 5.92 Å². The number of carbonyl (C=O) groups excluding carboxylic acids is 1. The molecule has 27 heavy (non-hydrogen) atoms. The van der Waals surface area contributed by atoms with Crippen LogP contribution in [0.4, 0.5) is 0 Å². The summed E-state index contributed by atoms with van der Waals surface area (Å²) in [7, 11) is 0. The molecule has 7 heteroatoms. The fourth-order valence-electron chi connectivity index (χ4n) is 4.17. The summed E-state index contributed by atoms with van der Waals surface area (Å²) < 4.78 is 4.35. The molecule has 6 nitrogen and oxygen atoms in total. The highest BCUT2D eigenvalue weighted by Gasteiger charge is 2.23. The lowest BCUT2D eigenvalue weighted by atomic mass is 9.86. The Morgan fingerprint density at radius 3 is 2.81 bits per heavy atom. The second-order valence-corrected chi connectivity index (χ2v) is 8.93. The van der Waals surface area contributed by atoms with Crippen LogP contribution in [0.3, 0.4) is 0 Å². The maximum absolute atomic E-state index is 12.9. The van der Waals surface area contributed by atoms with Crippen LogP contribution in [0.25, 0.3) is 15.7 Å². The molecule has 0 aliphatic heterocycles. The number of nitrogens with one attached hydrogen (secondary N) is 1. The third-order valence-electron chi connectivity index (χ3n) is 5.63. The van der Waals surface area contributed by atoms with Gasteiger partial charge in [0.15, 0.2) is 0 Å². The summed E-state index contributed by atoms with van der Waals surface area (Å²) in [6.45, 7) is 6.24. The molecule has 1 fully saturated rings. The number of nitrogens with zero attached hydrogens (tertiary/aromatic N) is 3. The first-order valence-electron chi connectivity index (χ1n) is 9.79. The number of thiophene rings is 1. The van der Waals surface area contributed by atoms with E-state index in [4.69, 9.17) is 0 Å². The number of fused-ring (bicyclic) bond motifs is 3. The van der Waals surface area contributed by atoms with E-state index in [2.05, 4.69) is 30.3 Å². The van der Waals surface area contributed by atoms with Gasteiger partial charge in [-0.15, -0.1) is 11.3 Å². The Kier molecular flexibility index (Phi) is 4.80. The van der Waals surface area contributed by atoms with Gasteiger partial charge < -0.3 is 5.32 Å². The van der Waals surface area contributed by atoms with Crippen molar-refractivity contribution < 1.29 is 4.79 Å². The molecule has 1 N–H and O–H groups in total. The van der Waals surface area contributed by atoms with Gasteiger partial charge >= 0.3 is 0 Å². The van der Waals surface area contributed by atoms with Gasteiger partial charge in [-0.2, -0.15) is 5.10 Å². The van der Waals surface area contributed by atoms with Crippen LogP contribution in [0.15, 0.2) is 16.9 Å². The average molecular weight is 387 g/mol. The summed E-state index contributed by atoms with van der Waals surface area (Å²) in [6.07, 6.45) is 5.24. The molecule has 4 rings (SSSR count). The smallest absolute Gasteiger partial charge is 0.291 e. The zero-order valence-corrected chi connectivity index (χ0v) is 16.9. The topological polar surface area (TPSA) is 68.4 Å². The molecule has 1 amide bonds. The van der Waals surface area contributed by atoms with Gasteiger partial charge in [-0.05, 0) is 37.8 Å². The molecule has 144 valence electrons. The van der Waals surface area contributed by atoms with Gasteiger partial charge in [0.1, 0.15) is 17.9 Å². The van der Waals surface area contributed by atoms with Crippen molar-refractivity contribution in [3.05, 3.63) is 33.2 Å². The molecule has 2 atom stereocenters. The lowest BCUT2D eigenvalue weighted by molar-refractivity contribution is -0.123. The third-order valence-corrected chi connectivity index (χ3v) is 6.61. The summed E-state index contributed by atoms with van der Waals surface area (Å²) in [4.78, 5) is 26.7. The number of rotatable bonds is 4. The number of aryl methyl sites for hydroxylation is 2. The van der Waals surface area contributed by atoms with Crippen LogP contribution in [0.1, 0.15) is 50.2 Å². The standard InChI is InChI=1S/C20H26N4O2S/c1-4-18-22-23(11-19(25)21-14-8-6-5-7-12(14)2)20(26)16-10-17-15(24(16)18)9-13(3)27-17/h9-10,12,14H,4-8,11H2,1-3H3,(H,21,25). The fraction of sp³-hybridized carbons (Fsp3) is 0.550. The van der Waals surface area contributed by atoms with Crippen molar-refractivity contribution >= 4 is 33.0 Å². The van der Waals surface area contributed by atoms with E-state index in [1.807, 2.05) is 17.4 Å². The minimum absolute atomic E-state index is 0.0244. The second-order valence-electron chi connectivity index (χ2n) is 7.64. The number of carbonyl (C=O) groups is 1. The Hall–Kier alpha value is -2.15. The molecule has 3 heterocycles. The third kappa shape index (κ3) is 3.29. The fourth-order valence-corrected chi connectivity index (χ4v) is 5.11. The van der Waals surface area contributed by atoms with Crippen molar-refractivity contribution in [1.29, 1.82) is 0 Å². The Labute approximate surface area is 162 Å². The first kappa shape index (κ1) is 18.2. The summed E-state index contributed by atoms with van der Waals surface area (Å²) in [5.74, 6) is 1.16. The number of hydrogen-bond acceptors (Lipinski definition) is 4. The Morgan fingerprint density at radius 2 is 2.07 bits per heavy atom. The van der Waals surface area contributed by atoms with Crippen LogP contribution in [0, 0.1) is 12.8 Å². The molecule has 3 aromatic heterocycles. The van der Waals surface area contributed by atoms with Crippen LogP contribution in [-0.4, -0.2) is 26.1 Å². The molecule has 0 aromatic carbocycles. The largest absolute Gasteiger partial charge is 0.351 e. The van der Waals surface area contributed by atoms with Gasteiger partial charge in [0.2, 0.25) is 5.91 Å². The van der Waals surface area contributed by atoms with Crippen LogP contribution in [-0.2, 0) is 17.8 Å². The highest BCUT2D eigenvalue weighted by molar-refractivity contribution is 7.19. The van der Waals surface area contributed by atoms with Crippen LogP contribution < -0.4 is 10.9 Å². The van der Waals surface area contributed by atoms with Crippen molar-refractivity contribution in [3.8, 4) is 0 Å². The number of aromatic nitrogens is 3. The quantitative estimate of drug-likeness (QED) is 0.748. The van der Waals surface area contributed by atoms with E-state index in [0.717, 1.165) is 35.3 Å². The highest BCUT2D eigenvalue weighted by atomic mass is 32.1. The second kappa shape index (κ2) is 7.11. The van der Waals surface area contributed by atoms with E-state index in [9.17, 15) is 9.59 Å². The number of amides is 1. The first-order valence-corrected chi connectivity index (χ1v) is 10.6. The van der Waals surface area contributed by atoms with E-state index in [-0.39, 0.29) is 24.1 Å². The SMILES string of the molecule is CCc1nn(CC(=O)NC2CCCCC2C)c(=O)c2cc3sc(C)cc3n12. The van der Waals surface area contributed by atoms with Gasteiger partial charge in [-0.25, -0.2) is 4.68 Å². The molecule has 2 unspecified atom stereocenters. The normalized spacial score (nSPS) is 20.4. The van der Waals surface area contributed by atoms with Gasteiger partial charge in [-0.3, -0.25) is 14.0 Å². The van der Waals surface area contributed by atoms with Gasteiger partial charge in [0.25, 0.3) is 5.56 Å². The molecule has 3 aromatic rings. The van der Waals surface area contributed by atoms with Gasteiger partial charge in [-0.1, -0.05) is 26.7 Å². The lowest BCUT2D eigenvalue weighted by Gasteiger charge is -2.29. The zero-order valence-electron chi connectivity index (χ0n) is 16.1. The molecule has 1 saturated carbocycles. The van der Waals surface area contributed by atoms with Crippen LogP contribution >= 0.6 is 11.3 Å². The zero-order chi connectivity index (χ0) is 19.1. The Balaban J connectivity index is 1.66. The minimum atomic E-state index is -0.208. The summed E-state index contributed by atoms with van der Waals surface area (Å²) in [5, 5.41) is 7.63. The summed E-state index contributed by atoms with van der Waals surface area (Å²) in [5.41, 5.74) is 1.42. The van der Waals surface area contributed by atoms with Gasteiger partial charge in [0.05, 0.1) is 10.2 Å². The molecule has 0 bridgehead atoms. The summed E-state index contributed by atoms with van der Waals surface area (Å²) in [6, 6.07) is 4.22. The predicted octanol–water partition coefficient (Wildman–Crippen LogP) is 3.28. The molecule has 1 aliphatic rings. The summed E-state index contributed by atoms with van der Waals surface area (Å²) >= 11 is 1.67. The average Bonchev–Trinajstić information content (AvgIpc) is 3.16. The first-order chi connectivity index (χ1) is 13.0. The monoisotopic (exact) mass is 386 g/mol.